The summed E-state index contributed by atoms with van der Waals surface area (Å²) in [4.78, 5) is 22.8. The monoisotopic (exact) mass is 616 g/mol. The summed E-state index contributed by atoms with van der Waals surface area (Å²) < 4.78 is 6.59. The van der Waals surface area contributed by atoms with Gasteiger partial charge in [0.25, 0.3) is 0 Å². The van der Waals surface area contributed by atoms with Gasteiger partial charge in [0.1, 0.15) is 5.75 Å². The van der Waals surface area contributed by atoms with E-state index in [1.54, 1.807) is 12.1 Å². The van der Waals surface area contributed by atoms with Gasteiger partial charge in [-0.25, -0.2) is 0 Å². The van der Waals surface area contributed by atoms with Crippen molar-refractivity contribution in [3.8, 4) is 5.75 Å². The minimum absolute atomic E-state index is 0. The molecule has 3 rings (SSSR count). The van der Waals surface area contributed by atoms with Crippen LogP contribution in [0.3, 0.4) is 0 Å². The Morgan fingerprint density at radius 1 is 1.20 bits per heavy atom. The largest absolute Gasteiger partial charge is 0.505 e. The molecule has 0 fully saturated rings. The zero-order valence-corrected chi connectivity index (χ0v) is 19.1. The van der Waals surface area contributed by atoms with Crippen molar-refractivity contribution in [1.29, 1.82) is 0 Å². The molecule has 25 heavy (non-hydrogen) atoms. The van der Waals surface area contributed by atoms with Gasteiger partial charge in [-0.15, -0.1) is 5.56 Å². The van der Waals surface area contributed by atoms with Crippen molar-refractivity contribution >= 4 is 56.8 Å². The zero-order valence-electron chi connectivity index (χ0n) is 12.6. The van der Waals surface area contributed by atoms with Gasteiger partial charge < -0.3 is 15.3 Å². The number of benzene rings is 2. The van der Waals surface area contributed by atoms with Gasteiger partial charge in [-0.2, -0.15) is 11.3 Å². The molecule has 0 atom stereocenters. The molecule has 2 N–H and O–H groups in total. The van der Waals surface area contributed by atoms with Crippen LogP contribution in [0, 0.1) is 31.1 Å². The summed E-state index contributed by atoms with van der Waals surface area (Å²) in [7, 11) is 0. The fourth-order valence-corrected chi connectivity index (χ4v) is 3.92. The summed E-state index contributed by atoms with van der Waals surface area (Å²) in [6.45, 7) is 0.101. The number of rotatable bonds is 5. The second-order valence-corrected chi connectivity index (χ2v) is 6.79. The predicted molar refractivity (Wildman–Crippen MR) is 95.9 cm³/mol. The first-order valence-electron chi connectivity index (χ1n) is 6.81. The molecule has 0 spiro atoms. The number of carbonyl (C=O) groups excluding carboxylic acids is 2. The third kappa shape index (κ3) is 4.21. The Balaban J connectivity index is 0.00000225. The summed E-state index contributed by atoms with van der Waals surface area (Å²) in [6.07, 6.45) is 1.92. The van der Waals surface area contributed by atoms with E-state index < -0.39 is 5.91 Å². The van der Waals surface area contributed by atoms with Crippen LogP contribution in [-0.4, -0.2) is 12.2 Å². The summed E-state index contributed by atoms with van der Waals surface area (Å²) in [6, 6.07) is 9.97. The maximum atomic E-state index is 11.2. The second kappa shape index (κ2) is 8.57. The fourth-order valence-electron chi connectivity index (χ4n) is 2.31. The van der Waals surface area contributed by atoms with Gasteiger partial charge in [-0.3, -0.25) is 4.79 Å². The average molecular weight is 617 g/mol. The molecule has 0 saturated heterocycles. The molecule has 0 aliphatic heterocycles. The van der Waals surface area contributed by atoms with Crippen molar-refractivity contribution in [3.63, 3.8) is 0 Å². The van der Waals surface area contributed by atoms with Crippen molar-refractivity contribution < 1.29 is 45.4 Å². The van der Waals surface area contributed by atoms with Crippen molar-refractivity contribution in [3.05, 3.63) is 62.4 Å². The number of fused-ring (bicyclic) bond motifs is 1. The fraction of sp³-hybridized carbons (Fsp3) is 0.0588. The first-order valence-corrected chi connectivity index (χ1v) is 8.38. The van der Waals surface area contributed by atoms with Crippen molar-refractivity contribution in [1.82, 2.24) is 0 Å². The molecule has 8 heteroatoms. The number of ether oxygens (including phenoxy) is 1. The van der Waals surface area contributed by atoms with Crippen molar-refractivity contribution in [2.24, 2.45) is 5.73 Å². The number of primary amides is 1. The van der Waals surface area contributed by atoms with Gasteiger partial charge in [0.15, 0.2) is 0 Å². The van der Waals surface area contributed by atoms with E-state index in [1.165, 1.54) is 23.5 Å². The minimum atomic E-state index is -0.572. The van der Waals surface area contributed by atoms with Crippen LogP contribution in [-0.2, 0) is 11.4 Å². The molecule has 1 amide bonds. The smallest absolute Gasteiger partial charge is 0.248 e. The summed E-state index contributed by atoms with van der Waals surface area (Å²) in [5, 5.41) is 1.57. The quantitative estimate of drug-likeness (QED) is 0.434. The number of thiophene rings is 1. The van der Waals surface area contributed by atoms with E-state index in [4.69, 9.17) is 33.7 Å². The van der Waals surface area contributed by atoms with E-state index in [2.05, 4.69) is 0 Å². The summed E-state index contributed by atoms with van der Waals surface area (Å²) in [5.41, 5.74) is 6.15. The van der Waals surface area contributed by atoms with Gasteiger partial charge in [-0.05, 0) is 30.3 Å². The van der Waals surface area contributed by atoms with Crippen LogP contribution in [0.2, 0.25) is 10.0 Å². The van der Waals surface area contributed by atoms with Crippen LogP contribution in [0.25, 0.3) is 10.1 Å². The Bertz CT molecular complexity index is 958. The van der Waals surface area contributed by atoms with E-state index in [-0.39, 0.29) is 42.7 Å². The van der Waals surface area contributed by atoms with E-state index in [0.717, 1.165) is 10.1 Å². The maximum absolute atomic E-state index is 11.2. The second-order valence-electron chi connectivity index (χ2n) is 4.92. The Hall–Kier alpha value is -1.03. The number of hydrogen-bond donors (Lipinski definition) is 1. The number of nitrogens with two attached hydrogens (primary N) is 1. The zero-order chi connectivity index (χ0) is 17.3. The van der Waals surface area contributed by atoms with Gasteiger partial charge in [0.2, 0.25) is 5.91 Å². The molecule has 4 nitrogen and oxygen atoms in total. The number of carbonyl (C=O) groups is 1. The third-order valence-corrected chi connectivity index (χ3v) is 5.15. The number of halogens is 2. The number of hydrogen-bond acceptors (Lipinski definition) is 4. The SMILES string of the molecule is NC(=O)c1ccc(OCc2c([C-]=O)sc3cccc(Cl)c23)c(Cl)c1.[U]. The molecule has 0 aliphatic rings. The Kier molecular flexibility index (Phi) is 6.95. The molecule has 0 radical (unpaired) electrons. The molecule has 0 unspecified atom stereocenters. The topological polar surface area (TPSA) is 69.4 Å². The van der Waals surface area contributed by atoms with Crippen LogP contribution in [0.15, 0.2) is 36.4 Å². The summed E-state index contributed by atoms with van der Waals surface area (Å²) in [5.74, 6) is -0.193. The molecule has 1 heterocycles. The van der Waals surface area contributed by atoms with Crippen LogP contribution >= 0.6 is 34.5 Å². The third-order valence-electron chi connectivity index (χ3n) is 3.44. The van der Waals surface area contributed by atoms with Gasteiger partial charge >= 0.3 is 0 Å². The molecular weight excluding hydrogens is 607 g/mol. The van der Waals surface area contributed by atoms with E-state index >= 15 is 0 Å². The molecule has 1 aromatic heterocycles. The molecular formula is C17H10Cl2NO3SU-. The number of amides is 1. The molecule has 0 aliphatic carbocycles. The van der Waals surface area contributed by atoms with Crippen LogP contribution in [0.5, 0.6) is 5.75 Å². The maximum Gasteiger partial charge on any atom is 0.248 e. The molecule has 0 saturated carbocycles. The average Bonchev–Trinajstić information content (AvgIpc) is 2.92. The molecule has 0 bridgehead atoms. The van der Waals surface area contributed by atoms with Gasteiger partial charge in [0.05, 0.1) is 11.6 Å². The predicted octanol–water partition coefficient (Wildman–Crippen LogP) is 4.34. The van der Waals surface area contributed by atoms with Gasteiger partial charge in [0, 0.05) is 52.7 Å². The standard InChI is InChI=1S/C17H10Cl2NO3S.U/c18-11-2-1-3-14-16(11)10(15(7-21)24-14)8-23-13-5-4-9(17(20)22)6-12(13)19;/h1-6H,8H2,(H2,20,22);/q-1;. The minimum Gasteiger partial charge on any atom is -0.505 e. The Morgan fingerprint density at radius 2 is 1.96 bits per heavy atom. The Labute approximate surface area is 181 Å². The molecule has 126 valence electrons. The van der Waals surface area contributed by atoms with Crippen LogP contribution in [0.4, 0.5) is 0 Å². The molecule has 3 aromatic rings. The van der Waals surface area contributed by atoms with Crippen molar-refractivity contribution in [2.45, 2.75) is 6.61 Å². The Morgan fingerprint density at radius 3 is 2.60 bits per heavy atom. The first kappa shape index (κ1) is 20.3. The van der Waals surface area contributed by atoms with E-state index in [1.807, 2.05) is 18.4 Å². The normalized spacial score (nSPS) is 10.3. The summed E-state index contributed by atoms with van der Waals surface area (Å²) >= 11 is 13.6. The van der Waals surface area contributed by atoms with Crippen LogP contribution in [0.1, 0.15) is 20.8 Å². The van der Waals surface area contributed by atoms with Crippen molar-refractivity contribution in [2.75, 3.05) is 0 Å². The van der Waals surface area contributed by atoms with E-state index in [9.17, 15) is 9.59 Å². The first-order chi connectivity index (χ1) is 11.5. The van der Waals surface area contributed by atoms with E-state index in [0.29, 0.717) is 26.8 Å². The molecule has 2 aromatic carbocycles. The van der Waals surface area contributed by atoms with Crippen LogP contribution < -0.4 is 10.5 Å². The van der Waals surface area contributed by atoms with Gasteiger partial charge in [-0.1, -0.05) is 39.5 Å².